The van der Waals surface area contributed by atoms with Gasteiger partial charge in [0.15, 0.2) is 0 Å². The van der Waals surface area contributed by atoms with E-state index in [2.05, 4.69) is 15.1 Å². The minimum Gasteiger partial charge on any atom is -0.364 e. The molecule has 0 spiro atoms. The van der Waals surface area contributed by atoms with Gasteiger partial charge in [-0.15, -0.1) is 0 Å². The van der Waals surface area contributed by atoms with Crippen molar-refractivity contribution in [2.45, 2.75) is 0 Å². The number of benzene rings is 1. The third kappa shape index (κ3) is 1.30. The summed E-state index contributed by atoms with van der Waals surface area (Å²) in [5.41, 5.74) is 0.347. The SMILES string of the molecule is O=c1ncc2ccc3c(c2[nH]1)=CC=CON=3. The van der Waals surface area contributed by atoms with Gasteiger partial charge in [-0.1, -0.05) is 5.16 Å². The number of nitrogens with one attached hydrogen (secondary N) is 1. The molecule has 2 heterocycles. The molecular weight excluding hydrogens is 206 g/mol. The van der Waals surface area contributed by atoms with E-state index in [0.717, 1.165) is 16.1 Å². The molecule has 0 saturated carbocycles. The first-order valence-corrected chi connectivity index (χ1v) is 4.73. The number of nitrogens with zero attached hydrogens (tertiary/aromatic N) is 2. The highest BCUT2D eigenvalue weighted by Crippen LogP contribution is 2.00. The molecule has 0 bridgehead atoms. The van der Waals surface area contributed by atoms with Crippen molar-refractivity contribution in [1.29, 1.82) is 0 Å². The van der Waals surface area contributed by atoms with Gasteiger partial charge in [0.05, 0.1) is 5.52 Å². The topological polar surface area (TPSA) is 67.3 Å². The number of hydrogen-bond donors (Lipinski definition) is 1. The predicted molar refractivity (Wildman–Crippen MR) is 57.8 cm³/mol. The smallest absolute Gasteiger partial charge is 0.345 e. The van der Waals surface area contributed by atoms with Crippen LogP contribution in [0.15, 0.2) is 40.6 Å². The summed E-state index contributed by atoms with van der Waals surface area (Å²) in [5.74, 6) is 0. The molecule has 1 aliphatic rings. The molecule has 0 saturated heterocycles. The fourth-order valence-corrected chi connectivity index (χ4v) is 1.65. The zero-order valence-corrected chi connectivity index (χ0v) is 8.18. The molecule has 1 aliphatic heterocycles. The second kappa shape index (κ2) is 3.30. The zero-order valence-electron chi connectivity index (χ0n) is 8.18. The van der Waals surface area contributed by atoms with Gasteiger partial charge in [0.2, 0.25) is 0 Å². The molecule has 1 aromatic carbocycles. The predicted octanol–water partition coefficient (Wildman–Crippen LogP) is -0.218. The molecule has 0 unspecified atom stereocenters. The van der Waals surface area contributed by atoms with Gasteiger partial charge in [-0.25, -0.2) is 9.78 Å². The third-order valence-electron chi connectivity index (χ3n) is 2.36. The van der Waals surface area contributed by atoms with Crippen LogP contribution in [-0.2, 0) is 4.84 Å². The summed E-state index contributed by atoms with van der Waals surface area (Å²) in [7, 11) is 0. The van der Waals surface area contributed by atoms with Gasteiger partial charge in [0.1, 0.15) is 11.6 Å². The Labute approximate surface area is 89.4 Å². The maximum absolute atomic E-state index is 11.2. The Morgan fingerprint density at radius 2 is 2.25 bits per heavy atom. The molecular formula is C11H7N3O2. The summed E-state index contributed by atoms with van der Waals surface area (Å²) in [4.78, 5) is 22.5. The summed E-state index contributed by atoms with van der Waals surface area (Å²) in [6.45, 7) is 0. The van der Waals surface area contributed by atoms with Crippen molar-refractivity contribution in [1.82, 2.24) is 9.97 Å². The van der Waals surface area contributed by atoms with Gasteiger partial charge >= 0.3 is 5.69 Å². The van der Waals surface area contributed by atoms with Gasteiger partial charge in [0.25, 0.3) is 0 Å². The molecule has 5 heteroatoms. The van der Waals surface area contributed by atoms with Gasteiger partial charge in [-0.3, -0.25) is 0 Å². The van der Waals surface area contributed by atoms with Crippen molar-refractivity contribution in [3.8, 4) is 0 Å². The molecule has 78 valence electrons. The van der Waals surface area contributed by atoms with Crippen LogP contribution in [0.3, 0.4) is 0 Å². The van der Waals surface area contributed by atoms with E-state index in [9.17, 15) is 4.79 Å². The average molecular weight is 213 g/mol. The van der Waals surface area contributed by atoms with Crippen LogP contribution >= 0.6 is 0 Å². The number of rotatable bonds is 0. The average Bonchev–Trinajstić information content (AvgIpc) is 2.54. The largest absolute Gasteiger partial charge is 0.364 e. The fourth-order valence-electron chi connectivity index (χ4n) is 1.65. The zero-order chi connectivity index (χ0) is 11.0. The lowest BCUT2D eigenvalue weighted by molar-refractivity contribution is 0.254. The molecule has 0 aliphatic carbocycles. The standard InChI is InChI=1S/C11H7N3O2/c15-11-12-6-7-3-4-9-8(10(7)13-11)2-1-5-16-14-9/h1-6H,(H,12,13,15). The van der Waals surface area contributed by atoms with Gasteiger partial charge in [-0.05, 0) is 24.3 Å². The summed E-state index contributed by atoms with van der Waals surface area (Å²) < 4.78 is 0. The van der Waals surface area contributed by atoms with Gasteiger partial charge < -0.3 is 9.82 Å². The molecule has 2 aromatic rings. The molecule has 1 N–H and O–H groups in total. The first-order valence-electron chi connectivity index (χ1n) is 4.73. The Kier molecular flexibility index (Phi) is 1.83. The first-order chi connectivity index (χ1) is 7.84. The van der Waals surface area contributed by atoms with Crippen LogP contribution in [0.1, 0.15) is 0 Å². The lowest BCUT2D eigenvalue weighted by atomic mass is 10.2. The number of aromatic amines is 1. The number of hydrogen-bond acceptors (Lipinski definition) is 4. The Morgan fingerprint density at radius 3 is 3.19 bits per heavy atom. The van der Waals surface area contributed by atoms with Gasteiger partial charge in [0, 0.05) is 16.8 Å². The second-order valence-electron chi connectivity index (χ2n) is 3.34. The normalized spacial score (nSPS) is 13.2. The molecule has 0 radical (unpaired) electrons. The van der Waals surface area contributed by atoms with E-state index in [4.69, 9.17) is 4.84 Å². The highest BCUT2D eigenvalue weighted by molar-refractivity contribution is 5.78. The van der Waals surface area contributed by atoms with E-state index >= 15 is 0 Å². The van der Waals surface area contributed by atoms with Crippen molar-refractivity contribution in [3.63, 3.8) is 0 Å². The molecule has 3 rings (SSSR count). The lowest BCUT2D eigenvalue weighted by Gasteiger charge is -1.96. The minimum absolute atomic E-state index is 0.372. The molecule has 5 nitrogen and oxygen atoms in total. The summed E-state index contributed by atoms with van der Waals surface area (Å²) in [6, 6.07) is 3.66. The second-order valence-corrected chi connectivity index (χ2v) is 3.34. The third-order valence-corrected chi connectivity index (χ3v) is 2.36. The van der Waals surface area contributed by atoms with E-state index in [1.165, 1.54) is 12.5 Å². The maximum Gasteiger partial charge on any atom is 0.345 e. The van der Waals surface area contributed by atoms with Crippen molar-refractivity contribution in [2.24, 2.45) is 5.16 Å². The molecule has 1 aromatic heterocycles. The van der Waals surface area contributed by atoms with Crippen LogP contribution in [0.25, 0.3) is 17.0 Å². The quantitative estimate of drug-likeness (QED) is 0.658. The number of H-pyrrole nitrogens is 1. The van der Waals surface area contributed by atoms with Crippen LogP contribution in [0, 0.1) is 0 Å². The molecule has 0 amide bonds. The van der Waals surface area contributed by atoms with Crippen LogP contribution in [0.5, 0.6) is 0 Å². The Bertz CT molecular complexity index is 759. The van der Waals surface area contributed by atoms with E-state index in [-0.39, 0.29) is 5.69 Å². The summed E-state index contributed by atoms with van der Waals surface area (Å²) in [5, 5.41) is 6.27. The van der Waals surface area contributed by atoms with Crippen LogP contribution in [0.4, 0.5) is 0 Å². The van der Waals surface area contributed by atoms with E-state index in [1.54, 1.807) is 6.08 Å². The van der Waals surface area contributed by atoms with Crippen molar-refractivity contribution in [3.05, 3.63) is 51.7 Å². The van der Waals surface area contributed by atoms with E-state index in [0.29, 0.717) is 5.36 Å². The Balaban J connectivity index is 2.61. The monoisotopic (exact) mass is 213 g/mol. The van der Waals surface area contributed by atoms with Crippen molar-refractivity contribution in [2.75, 3.05) is 0 Å². The van der Waals surface area contributed by atoms with E-state index in [1.807, 2.05) is 18.2 Å². The molecule has 0 atom stereocenters. The Morgan fingerprint density at radius 1 is 1.31 bits per heavy atom. The van der Waals surface area contributed by atoms with Crippen molar-refractivity contribution < 1.29 is 4.84 Å². The first kappa shape index (κ1) is 8.84. The number of fused-ring (bicyclic) bond motifs is 3. The van der Waals surface area contributed by atoms with Crippen LogP contribution in [0.2, 0.25) is 0 Å². The number of aromatic nitrogens is 2. The summed E-state index contributed by atoms with van der Waals surface area (Å²) >= 11 is 0. The maximum atomic E-state index is 11.2. The van der Waals surface area contributed by atoms with Crippen LogP contribution in [-0.4, -0.2) is 9.97 Å². The lowest BCUT2D eigenvalue weighted by Crippen LogP contribution is -2.27. The van der Waals surface area contributed by atoms with Crippen molar-refractivity contribution >= 4 is 17.0 Å². The molecule has 0 fully saturated rings. The number of allylic oxidation sites excluding steroid dienone is 1. The van der Waals surface area contributed by atoms with Crippen LogP contribution < -0.4 is 16.3 Å². The Hall–Kier alpha value is -2.43. The fraction of sp³-hybridized carbons (Fsp3) is 0. The van der Waals surface area contributed by atoms with E-state index < -0.39 is 0 Å². The molecule has 16 heavy (non-hydrogen) atoms. The highest BCUT2D eigenvalue weighted by atomic mass is 16.6. The highest BCUT2D eigenvalue weighted by Gasteiger charge is 2.00. The summed E-state index contributed by atoms with van der Waals surface area (Å²) in [6.07, 6.45) is 6.58. The minimum atomic E-state index is -0.372. The van der Waals surface area contributed by atoms with Gasteiger partial charge in [-0.2, -0.15) is 0 Å².